The fourth-order valence-electron chi connectivity index (χ4n) is 2.60. The third-order valence-corrected chi connectivity index (χ3v) is 6.27. The SMILES string of the molecule is CCCC[n+]1ccc(C)cc1.CCCC[n+]1ccc(C)cc1.O=S(=O)([O-])CCCCS(=O)(=O)[O-]. The van der Waals surface area contributed by atoms with Gasteiger partial charge in [0.25, 0.3) is 0 Å². The largest absolute Gasteiger partial charge is 0.748 e. The second kappa shape index (κ2) is 17.5. The molecule has 2 aromatic heterocycles. The van der Waals surface area contributed by atoms with Crippen LogP contribution in [0.25, 0.3) is 0 Å². The average Bonchev–Trinajstić information content (AvgIpc) is 2.76. The number of aryl methyl sites for hydroxylation is 4. The Labute approximate surface area is 206 Å². The van der Waals surface area contributed by atoms with Crippen molar-refractivity contribution in [2.45, 2.75) is 79.3 Å². The summed E-state index contributed by atoms with van der Waals surface area (Å²) in [6.07, 6.45) is 13.5. The summed E-state index contributed by atoms with van der Waals surface area (Å²) in [6, 6.07) is 8.59. The molecule has 0 atom stereocenters. The molecule has 0 radical (unpaired) electrons. The first-order valence-corrected chi connectivity index (χ1v) is 14.8. The lowest BCUT2D eigenvalue weighted by molar-refractivity contribution is -0.697. The van der Waals surface area contributed by atoms with Gasteiger partial charge in [0, 0.05) is 48.6 Å². The normalized spacial score (nSPS) is 11.1. The highest BCUT2D eigenvalue weighted by Crippen LogP contribution is 1.96. The fraction of sp³-hybridized carbons (Fsp3) is 0.583. The fourth-order valence-corrected chi connectivity index (χ4v) is 3.72. The average molecular weight is 517 g/mol. The van der Waals surface area contributed by atoms with Crippen LogP contribution in [0.3, 0.4) is 0 Å². The van der Waals surface area contributed by atoms with Crippen molar-refractivity contribution < 1.29 is 35.1 Å². The Bertz CT molecular complexity index is 907. The Kier molecular flexibility index (Phi) is 16.6. The minimum Gasteiger partial charge on any atom is -0.748 e. The van der Waals surface area contributed by atoms with Gasteiger partial charge >= 0.3 is 0 Å². The molecular formula is C24H40N2O6S2. The first kappa shape index (κ1) is 32.1. The van der Waals surface area contributed by atoms with E-state index in [4.69, 9.17) is 0 Å². The molecule has 8 nitrogen and oxygen atoms in total. The quantitative estimate of drug-likeness (QED) is 0.257. The molecule has 0 aromatic carbocycles. The van der Waals surface area contributed by atoms with Crippen LogP contribution >= 0.6 is 0 Å². The van der Waals surface area contributed by atoms with E-state index in [1.165, 1.54) is 36.8 Å². The highest BCUT2D eigenvalue weighted by Gasteiger charge is 1.99. The van der Waals surface area contributed by atoms with E-state index in [1.807, 2.05) is 0 Å². The Morgan fingerprint density at radius 1 is 0.618 bits per heavy atom. The van der Waals surface area contributed by atoms with E-state index in [1.54, 1.807) is 0 Å². The lowest BCUT2D eigenvalue weighted by Gasteiger charge is -2.07. The Morgan fingerprint density at radius 2 is 0.912 bits per heavy atom. The molecule has 2 heterocycles. The zero-order valence-electron chi connectivity index (χ0n) is 20.9. The number of hydrogen-bond donors (Lipinski definition) is 0. The minimum atomic E-state index is -4.29. The van der Waals surface area contributed by atoms with Crippen LogP contribution in [0.5, 0.6) is 0 Å². The van der Waals surface area contributed by atoms with Crippen LogP contribution in [0.15, 0.2) is 49.1 Å². The molecule has 2 aromatic rings. The van der Waals surface area contributed by atoms with Gasteiger partial charge in [0.2, 0.25) is 0 Å². The van der Waals surface area contributed by atoms with Gasteiger partial charge in [0.05, 0.1) is 20.2 Å². The zero-order chi connectivity index (χ0) is 26.0. The molecule has 0 spiro atoms. The number of nitrogens with zero attached hydrogens (tertiary/aromatic N) is 2. The van der Waals surface area contributed by atoms with Crippen LogP contribution in [-0.2, 0) is 33.3 Å². The molecule has 0 saturated heterocycles. The minimum absolute atomic E-state index is 0.0900. The van der Waals surface area contributed by atoms with Crippen LogP contribution in [0.4, 0.5) is 0 Å². The van der Waals surface area contributed by atoms with E-state index in [9.17, 15) is 25.9 Å². The molecule has 10 heteroatoms. The summed E-state index contributed by atoms with van der Waals surface area (Å²) >= 11 is 0. The van der Waals surface area contributed by atoms with Crippen molar-refractivity contribution >= 4 is 20.2 Å². The standard InChI is InChI=1S/2C10H16N.C4H10O6S2/c2*1-3-4-7-11-8-5-10(2)6-9-11;5-11(6,7)3-1-2-4-12(8,9)10/h2*5-6,8-9H,3-4,7H2,1-2H3;1-4H2,(H,5,6,7)(H,8,9,10)/q2*+1;/p-2. The summed E-state index contributed by atoms with van der Waals surface area (Å²) in [5.74, 6) is -1.24. The third kappa shape index (κ3) is 20.7. The van der Waals surface area contributed by atoms with Gasteiger partial charge in [-0.15, -0.1) is 0 Å². The van der Waals surface area contributed by atoms with Gasteiger partial charge in [-0.2, -0.15) is 0 Å². The molecule has 34 heavy (non-hydrogen) atoms. The van der Waals surface area contributed by atoms with Crippen molar-refractivity contribution in [3.05, 3.63) is 60.2 Å². The molecule has 0 fully saturated rings. The van der Waals surface area contributed by atoms with Crippen LogP contribution in [-0.4, -0.2) is 37.4 Å². The van der Waals surface area contributed by atoms with E-state index in [0.29, 0.717) is 0 Å². The van der Waals surface area contributed by atoms with Crippen LogP contribution in [0.1, 0.15) is 63.5 Å². The Balaban J connectivity index is 0.000000481. The maximum atomic E-state index is 9.97. The maximum absolute atomic E-state index is 9.97. The van der Waals surface area contributed by atoms with E-state index in [0.717, 1.165) is 13.1 Å². The van der Waals surface area contributed by atoms with Gasteiger partial charge in [0.1, 0.15) is 13.1 Å². The number of aromatic nitrogens is 2. The van der Waals surface area contributed by atoms with Gasteiger partial charge < -0.3 is 9.11 Å². The predicted octanol–water partition coefficient (Wildman–Crippen LogP) is 3.02. The number of rotatable bonds is 11. The molecular weight excluding hydrogens is 476 g/mol. The molecule has 0 N–H and O–H groups in total. The summed E-state index contributed by atoms with van der Waals surface area (Å²) < 4.78 is 64.3. The molecule has 0 unspecified atom stereocenters. The molecule has 0 bridgehead atoms. The topological polar surface area (TPSA) is 122 Å². The van der Waals surface area contributed by atoms with Gasteiger partial charge in [-0.25, -0.2) is 26.0 Å². The van der Waals surface area contributed by atoms with Gasteiger partial charge in [-0.3, -0.25) is 0 Å². The van der Waals surface area contributed by atoms with E-state index in [2.05, 4.69) is 85.9 Å². The summed E-state index contributed by atoms with van der Waals surface area (Å²) in [5.41, 5.74) is 2.66. The molecule has 0 saturated carbocycles. The molecule has 194 valence electrons. The number of hydrogen-bond acceptors (Lipinski definition) is 6. The molecule has 2 rings (SSSR count). The molecule has 0 amide bonds. The lowest BCUT2D eigenvalue weighted by Crippen LogP contribution is -2.32. The molecule has 0 aliphatic carbocycles. The third-order valence-electron chi connectivity index (χ3n) is 4.69. The van der Waals surface area contributed by atoms with Crippen LogP contribution < -0.4 is 9.13 Å². The van der Waals surface area contributed by atoms with Crippen LogP contribution in [0, 0.1) is 13.8 Å². The molecule has 0 aliphatic heterocycles. The number of pyridine rings is 2. The highest BCUT2D eigenvalue weighted by atomic mass is 32.2. The van der Waals surface area contributed by atoms with E-state index < -0.39 is 31.7 Å². The smallest absolute Gasteiger partial charge is 0.169 e. The van der Waals surface area contributed by atoms with Crippen molar-refractivity contribution in [1.82, 2.24) is 0 Å². The number of unbranched alkanes of at least 4 members (excludes halogenated alkanes) is 3. The van der Waals surface area contributed by atoms with Crippen molar-refractivity contribution in [1.29, 1.82) is 0 Å². The first-order valence-electron chi connectivity index (χ1n) is 11.6. The summed E-state index contributed by atoms with van der Waals surface area (Å²) in [5, 5.41) is 0. The van der Waals surface area contributed by atoms with E-state index >= 15 is 0 Å². The first-order chi connectivity index (χ1) is 15.9. The van der Waals surface area contributed by atoms with Crippen molar-refractivity contribution in [2.75, 3.05) is 11.5 Å². The van der Waals surface area contributed by atoms with Gasteiger partial charge in [-0.1, -0.05) is 26.7 Å². The van der Waals surface area contributed by atoms with E-state index in [-0.39, 0.29) is 12.8 Å². The lowest BCUT2D eigenvalue weighted by atomic mass is 10.3. The Morgan fingerprint density at radius 3 is 1.15 bits per heavy atom. The van der Waals surface area contributed by atoms with Gasteiger partial charge in [0.15, 0.2) is 24.8 Å². The summed E-state index contributed by atoms with van der Waals surface area (Å²) in [4.78, 5) is 0. The van der Waals surface area contributed by atoms with Crippen molar-refractivity contribution in [2.24, 2.45) is 0 Å². The summed E-state index contributed by atoms with van der Waals surface area (Å²) in [6.45, 7) is 11.0. The Hall–Kier alpha value is -1.88. The van der Waals surface area contributed by atoms with Gasteiger partial charge in [-0.05, 0) is 37.8 Å². The van der Waals surface area contributed by atoms with Crippen molar-refractivity contribution in [3.8, 4) is 0 Å². The second-order valence-corrected chi connectivity index (χ2v) is 11.2. The van der Waals surface area contributed by atoms with Crippen LogP contribution in [0.2, 0.25) is 0 Å². The zero-order valence-corrected chi connectivity index (χ0v) is 22.5. The summed E-state index contributed by atoms with van der Waals surface area (Å²) in [7, 11) is -8.58. The highest BCUT2D eigenvalue weighted by molar-refractivity contribution is 7.86. The van der Waals surface area contributed by atoms with Crippen molar-refractivity contribution in [3.63, 3.8) is 0 Å². The molecule has 0 aliphatic rings. The monoisotopic (exact) mass is 516 g/mol. The second-order valence-electron chi connectivity index (χ2n) is 8.16. The maximum Gasteiger partial charge on any atom is 0.169 e. The predicted molar refractivity (Wildman–Crippen MR) is 131 cm³/mol.